The molecule has 4 nitrogen and oxygen atoms in total. The number of nitrogens with zero attached hydrogens (tertiary/aromatic N) is 2. The number of ether oxygens (including phenoxy) is 1. The molecule has 1 aromatic rings. The summed E-state index contributed by atoms with van der Waals surface area (Å²) in [6.07, 6.45) is -3.30. The molecular formula is C14H16F4N2O2. The van der Waals surface area contributed by atoms with Crippen molar-refractivity contribution in [1.82, 2.24) is 4.98 Å². The number of pyridine rings is 1. The first-order valence-electron chi connectivity index (χ1n) is 6.84. The molecule has 1 aliphatic heterocycles. The Bertz CT molecular complexity index is 552. The molecule has 2 rings (SSSR count). The van der Waals surface area contributed by atoms with E-state index in [1.165, 1.54) is 11.0 Å². The van der Waals surface area contributed by atoms with Gasteiger partial charge in [-0.05, 0) is 18.6 Å². The highest BCUT2D eigenvalue weighted by Gasteiger charge is 2.33. The highest BCUT2D eigenvalue weighted by Crippen LogP contribution is 2.31. The van der Waals surface area contributed by atoms with Crippen LogP contribution in [0, 0.1) is 0 Å². The first kappa shape index (κ1) is 16.5. The van der Waals surface area contributed by atoms with Crippen LogP contribution in [0.25, 0.3) is 0 Å². The van der Waals surface area contributed by atoms with Crippen molar-refractivity contribution in [2.24, 2.45) is 0 Å². The van der Waals surface area contributed by atoms with Crippen molar-refractivity contribution in [3.63, 3.8) is 0 Å². The molecule has 22 heavy (non-hydrogen) atoms. The number of carbonyl (C=O) groups excluding carboxylic acids is 1. The fourth-order valence-corrected chi connectivity index (χ4v) is 2.37. The summed E-state index contributed by atoms with van der Waals surface area (Å²) in [5.74, 6) is -3.55. The summed E-state index contributed by atoms with van der Waals surface area (Å²) in [5, 5.41) is 0. The topological polar surface area (TPSA) is 42.4 Å². The van der Waals surface area contributed by atoms with E-state index in [1.807, 2.05) is 0 Å². The Kier molecular flexibility index (Phi) is 4.87. The van der Waals surface area contributed by atoms with Gasteiger partial charge in [0.15, 0.2) is 0 Å². The van der Waals surface area contributed by atoms with Gasteiger partial charge < -0.3 is 9.64 Å². The molecule has 1 aromatic heterocycles. The summed E-state index contributed by atoms with van der Waals surface area (Å²) in [6.45, 7) is 0.163. The maximum atomic E-state index is 13.4. The number of esters is 1. The Balaban J connectivity index is 2.37. The maximum Gasteiger partial charge on any atom is 0.341 e. The Morgan fingerprint density at radius 3 is 2.68 bits per heavy atom. The zero-order chi connectivity index (χ0) is 16.3. The van der Waals surface area contributed by atoms with Gasteiger partial charge in [0.25, 0.3) is 6.43 Å². The number of methoxy groups -OCH3 is 1. The third kappa shape index (κ3) is 3.66. The quantitative estimate of drug-likeness (QED) is 0.632. The zero-order valence-electron chi connectivity index (χ0n) is 12.0. The molecule has 0 atom stereocenters. The summed E-state index contributed by atoms with van der Waals surface area (Å²) >= 11 is 0. The van der Waals surface area contributed by atoms with E-state index in [1.54, 1.807) is 0 Å². The molecule has 0 saturated carbocycles. The minimum absolute atomic E-state index is 0.00267. The van der Waals surface area contributed by atoms with E-state index in [4.69, 9.17) is 0 Å². The summed E-state index contributed by atoms with van der Waals surface area (Å²) < 4.78 is 57.1. The van der Waals surface area contributed by atoms with Crippen molar-refractivity contribution in [1.29, 1.82) is 0 Å². The highest BCUT2D eigenvalue weighted by molar-refractivity contribution is 5.94. The van der Waals surface area contributed by atoms with Crippen LogP contribution < -0.4 is 4.90 Å². The second-order valence-electron chi connectivity index (χ2n) is 5.10. The van der Waals surface area contributed by atoms with Crippen molar-refractivity contribution < 1.29 is 27.1 Å². The van der Waals surface area contributed by atoms with Crippen LogP contribution in [-0.4, -0.2) is 37.1 Å². The molecule has 0 N–H and O–H groups in total. The third-order valence-electron chi connectivity index (χ3n) is 3.54. The summed E-state index contributed by atoms with van der Waals surface area (Å²) in [7, 11) is 1.16. The summed E-state index contributed by atoms with van der Waals surface area (Å²) in [6, 6.07) is 2.23. The minimum atomic E-state index is -2.81. The number of hydrogen-bond acceptors (Lipinski definition) is 4. The number of hydrogen-bond donors (Lipinski definition) is 0. The predicted octanol–water partition coefficient (Wildman–Crippen LogP) is 3.43. The van der Waals surface area contributed by atoms with E-state index in [2.05, 4.69) is 9.72 Å². The SMILES string of the molecule is COC(=O)c1ccc(C(F)F)nc1N1CCCC(F)(F)CC1. The summed E-state index contributed by atoms with van der Waals surface area (Å²) in [4.78, 5) is 17.0. The molecule has 0 unspecified atom stereocenters. The molecule has 0 amide bonds. The fraction of sp³-hybridized carbons (Fsp3) is 0.571. The van der Waals surface area contributed by atoms with Crippen molar-refractivity contribution in [2.45, 2.75) is 31.6 Å². The lowest BCUT2D eigenvalue weighted by molar-refractivity contribution is -0.0102. The average Bonchev–Trinajstić information content (AvgIpc) is 2.66. The van der Waals surface area contributed by atoms with E-state index in [-0.39, 0.29) is 37.3 Å². The van der Waals surface area contributed by atoms with Crippen molar-refractivity contribution in [3.05, 3.63) is 23.4 Å². The van der Waals surface area contributed by atoms with Crippen LogP contribution >= 0.6 is 0 Å². The van der Waals surface area contributed by atoms with Gasteiger partial charge in [0.2, 0.25) is 5.92 Å². The highest BCUT2D eigenvalue weighted by atomic mass is 19.3. The van der Waals surface area contributed by atoms with Gasteiger partial charge in [-0.25, -0.2) is 27.3 Å². The van der Waals surface area contributed by atoms with E-state index in [9.17, 15) is 22.4 Å². The van der Waals surface area contributed by atoms with Crippen molar-refractivity contribution in [2.75, 3.05) is 25.1 Å². The molecule has 1 saturated heterocycles. The number of alkyl halides is 4. The number of rotatable bonds is 3. The second kappa shape index (κ2) is 6.50. The third-order valence-corrected chi connectivity index (χ3v) is 3.54. The number of anilines is 1. The van der Waals surface area contributed by atoms with E-state index >= 15 is 0 Å². The van der Waals surface area contributed by atoms with E-state index < -0.39 is 30.4 Å². The Hall–Kier alpha value is -1.86. The van der Waals surface area contributed by atoms with E-state index in [0.717, 1.165) is 13.2 Å². The van der Waals surface area contributed by atoms with Gasteiger partial charge >= 0.3 is 5.97 Å². The van der Waals surface area contributed by atoms with Gasteiger partial charge in [-0.2, -0.15) is 0 Å². The van der Waals surface area contributed by atoms with Gasteiger partial charge in [0.05, 0.1) is 7.11 Å². The molecule has 0 spiro atoms. The average molecular weight is 320 g/mol. The zero-order valence-corrected chi connectivity index (χ0v) is 12.0. The molecule has 0 aliphatic carbocycles. The van der Waals surface area contributed by atoms with E-state index in [0.29, 0.717) is 0 Å². The molecule has 1 fully saturated rings. The van der Waals surface area contributed by atoms with Gasteiger partial charge in [0, 0.05) is 25.9 Å². The lowest BCUT2D eigenvalue weighted by Crippen LogP contribution is -2.29. The maximum absolute atomic E-state index is 13.4. The van der Waals surface area contributed by atoms with Crippen LogP contribution in [-0.2, 0) is 4.74 Å². The van der Waals surface area contributed by atoms with Crippen LogP contribution in [0.2, 0.25) is 0 Å². The molecule has 8 heteroatoms. The molecule has 0 radical (unpaired) electrons. The molecule has 2 heterocycles. The minimum Gasteiger partial charge on any atom is -0.465 e. The Morgan fingerprint density at radius 2 is 2.05 bits per heavy atom. The van der Waals surface area contributed by atoms with Crippen LogP contribution in [0.3, 0.4) is 0 Å². The molecule has 0 aromatic carbocycles. The largest absolute Gasteiger partial charge is 0.465 e. The molecule has 0 bridgehead atoms. The normalized spacial score (nSPS) is 18.2. The lowest BCUT2D eigenvalue weighted by atomic mass is 10.1. The standard InChI is InChI=1S/C14H16F4N2O2/c1-22-13(21)9-3-4-10(11(15)16)19-12(9)20-7-2-5-14(17,18)6-8-20/h3-4,11H,2,5-8H2,1H3. The predicted molar refractivity (Wildman–Crippen MR) is 71.5 cm³/mol. The molecular weight excluding hydrogens is 304 g/mol. The second-order valence-corrected chi connectivity index (χ2v) is 5.10. The number of aromatic nitrogens is 1. The first-order chi connectivity index (χ1) is 10.3. The van der Waals surface area contributed by atoms with Crippen LogP contribution in [0.4, 0.5) is 23.4 Å². The van der Waals surface area contributed by atoms with Gasteiger partial charge in [0.1, 0.15) is 17.1 Å². The van der Waals surface area contributed by atoms with Gasteiger partial charge in [-0.1, -0.05) is 0 Å². The first-order valence-corrected chi connectivity index (χ1v) is 6.84. The van der Waals surface area contributed by atoms with Crippen LogP contribution in [0.15, 0.2) is 12.1 Å². The number of halogens is 4. The Labute approximate surface area is 125 Å². The smallest absolute Gasteiger partial charge is 0.341 e. The van der Waals surface area contributed by atoms with Crippen molar-refractivity contribution in [3.8, 4) is 0 Å². The van der Waals surface area contributed by atoms with Crippen LogP contribution in [0.1, 0.15) is 41.7 Å². The lowest BCUT2D eigenvalue weighted by Gasteiger charge is -2.24. The molecule has 1 aliphatic rings. The molecule has 122 valence electrons. The Morgan fingerprint density at radius 1 is 1.32 bits per heavy atom. The monoisotopic (exact) mass is 320 g/mol. The number of carbonyl (C=O) groups is 1. The van der Waals surface area contributed by atoms with Crippen molar-refractivity contribution >= 4 is 11.8 Å². The summed E-state index contributed by atoms with van der Waals surface area (Å²) in [5.41, 5.74) is -0.504. The van der Waals surface area contributed by atoms with Gasteiger partial charge in [-0.3, -0.25) is 0 Å². The van der Waals surface area contributed by atoms with Gasteiger partial charge in [-0.15, -0.1) is 0 Å². The van der Waals surface area contributed by atoms with Crippen LogP contribution in [0.5, 0.6) is 0 Å². The fourth-order valence-electron chi connectivity index (χ4n) is 2.37.